The van der Waals surface area contributed by atoms with E-state index in [4.69, 9.17) is 9.47 Å². The Balaban J connectivity index is 1.58. The first-order chi connectivity index (χ1) is 17.9. The van der Waals surface area contributed by atoms with E-state index in [-0.39, 0.29) is 30.8 Å². The van der Waals surface area contributed by atoms with Gasteiger partial charge in [0.15, 0.2) is 11.5 Å². The number of nitriles is 1. The zero-order valence-electron chi connectivity index (χ0n) is 21.1. The Morgan fingerprint density at radius 2 is 1.81 bits per heavy atom. The van der Waals surface area contributed by atoms with Crippen molar-refractivity contribution in [3.63, 3.8) is 0 Å². The molecule has 0 saturated carbocycles. The molecule has 3 N–H and O–H groups in total. The fourth-order valence-electron chi connectivity index (χ4n) is 4.13. The van der Waals surface area contributed by atoms with Crippen molar-refractivity contribution in [3.05, 3.63) is 89.7 Å². The molecule has 2 unspecified atom stereocenters. The molecule has 0 radical (unpaired) electrons. The molecular formula is C28H32BN3O5. The van der Waals surface area contributed by atoms with Crippen molar-refractivity contribution < 1.29 is 24.3 Å². The van der Waals surface area contributed by atoms with Crippen molar-refractivity contribution in [2.24, 2.45) is 5.92 Å². The summed E-state index contributed by atoms with van der Waals surface area (Å²) in [5, 5.41) is 31.8. The van der Waals surface area contributed by atoms with Gasteiger partial charge in [0.1, 0.15) is 0 Å². The number of benzene rings is 2. The number of hydrogen-bond acceptors (Lipinski definition) is 7. The van der Waals surface area contributed by atoms with Gasteiger partial charge >= 0.3 is 7.12 Å². The van der Waals surface area contributed by atoms with E-state index in [1.807, 2.05) is 67.6 Å². The van der Waals surface area contributed by atoms with Gasteiger partial charge in [-0.15, -0.1) is 0 Å². The Hall–Kier alpha value is -3.87. The first kappa shape index (κ1) is 27.7. The number of amides is 1. The summed E-state index contributed by atoms with van der Waals surface area (Å²) in [7, 11) is -0.145. The van der Waals surface area contributed by atoms with Gasteiger partial charge in [0.2, 0.25) is 5.91 Å². The number of aromatic nitrogens is 1. The van der Waals surface area contributed by atoms with Gasteiger partial charge in [-0.2, -0.15) is 5.26 Å². The van der Waals surface area contributed by atoms with E-state index in [0.717, 1.165) is 16.8 Å². The van der Waals surface area contributed by atoms with Gasteiger partial charge in [-0.1, -0.05) is 49.4 Å². The molecule has 2 aromatic carbocycles. The first-order valence-corrected chi connectivity index (χ1v) is 12.2. The second-order valence-corrected chi connectivity index (χ2v) is 8.90. The lowest BCUT2D eigenvalue weighted by Crippen LogP contribution is -2.48. The summed E-state index contributed by atoms with van der Waals surface area (Å²) in [6.07, 6.45) is 2.64. The van der Waals surface area contributed by atoms with Crippen molar-refractivity contribution in [3.8, 4) is 17.6 Å². The van der Waals surface area contributed by atoms with Crippen LogP contribution in [-0.2, 0) is 17.6 Å². The summed E-state index contributed by atoms with van der Waals surface area (Å²) >= 11 is 0. The lowest BCUT2D eigenvalue weighted by molar-refractivity contribution is -0.122. The Bertz CT molecular complexity index is 1170. The third-order valence-corrected chi connectivity index (χ3v) is 6.09. The Morgan fingerprint density at radius 1 is 1.05 bits per heavy atom. The number of ether oxygens (including phenoxy) is 2. The third kappa shape index (κ3) is 8.35. The molecule has 0 aliphatic heterocycles. The van der Waals surface area contributed by atoms with E-state index in [1.54, 1.807) is 19.4 Å². The minimum Gasteiger partial charge on any atom is -0.493 e. The summed E-state index contributed by atoms with van der Waals surface area (Å²) in [5.74, 6) is -0.493. The number of carbonyl (C=O) groups excluding carboxylic acids is 1. The Labute approximate surface area is 218 Å². The number of rotatable bonds is 13. The normalized spacial score (nSPS) is 13.1. The molecule has 1 aromatic heterocycles. The predicted molar refractivity (Wildman–Crippen MR) is 141 cm³/mol. The molecule has 0 spiro atoms. The molecule has 1 heterocycles. The van der Waals surface area contributed by atoms with E-state index < -0.39 is 13.1 Å². The van der Waals surface area contributed by atoms with Crippen LogP contribution in [0.15, 0.2) is 72.9 Å². The van der Waals surface area contributed by atoms with Crippen LogP contribution in [0.2, 0.25) is 0 Å². The Kier molecular flexibility index (Phi) is 10.5. The molecule has 192 valence electrons. The average Bonchev–Trinajstić information content (AvgIpc) is 2.90. The molecule has 0 bridgehead atoms. The van der Waals surface area contributed by atoms with Crippen LogP contribution in [0, 0.1) is 17.2 Å². The van der Waals surface area contributed by atoms with Gasteiger partial charge in [-0.05, 0) is 54.2 Å². The molecule has 0 aliphatic carbocycles. The van der Waals surface area contributed by atoms with Crippen LogP contribution >= 0.6 is 0 Å². The fraction of sp³-hybridized carbons (Fsp3) is 0.321. The molecule has 37 heavy (non-hydrogen) atoms. The predicted octanol–water partition coefficient (Wildman–Crippen LogP) is 3.08. The van der Waals surface area contributed by atoms with E-state index in [9.17, 15) is 20.1 Å². The highest BCUT2D eigenvalue weighted by atomic mass is 16.5. The van der Waals surface area contributed by atoms with Gasteiger partial charge < -0.3 is 24.8 Å². The van der Waals surface area contributed by atoms with E-state index in [0.29, 0.717) is 24.3 Å². The SMILES string of the molecule is COc1ccc(CC(C)C(C#N)c2ccccn2)cc1OCCC(=O)N[C@@H](Cc1ccccc1)B(O)O. The van der Waals surface area contributed by atoms with Crippen LogP contribution in [0.1, 0.15) is 36.1 Å². The molecular weight excluding hydrogens is 469 g/mol. The molecule has 3 rings (SSSR count). The van der Waals surface area contributed by atoms with Gasteiger partial charge in [0.25, 0.3) is 0 Å². The highest BCUT2D eigenvalue weighted by molar-refractivity contribution is 6.43. The molecule has 3 atom stereocenters. The number of hydrogen-bond donors (Lipinski definition) is 3. The average molecular weight is 501 g/mol. The number of carbonyl (C=O) groups is 1. The van der Waals surface area contributed by atoms with Crippen LogP contribution in [-0.4, -0.2) is 47.7 Å². The summed E-state index contributed by atoms with van der Waals surface area (Å²) < 4.78 is 11.3. The maximum absolute atomic E-state index is 12.5. The number of nitrogens with zero attached hydrogens (tertiary/aromatic N) is 2. The summed E-state index contributed by atoms with van der Waals surface area (Å²) in [5.41, 5.74) is 2.59. The summed E-state index contributed by atoms with van der Waals surface area (Å²) in [6, 6.07) is 22.8. The zero-order chi connectivity index (χ0) is 26.6. The number of methoxy groups -OCH3 is 1. The highest BCUT2D eigenvalue weighted by Crippen LogP contribution is 2.31. The van der Waals surface area contributed by atoms with Crippen molar-refractivity contribution in [1.29, 1.82) is 5.26 Å². The van der Waals surface area contributed by atoms with E-state index in [2.05, 4.69) is 16.4 Å². The summed E-state index contributed by atoms with van der Waals surface area (Å²) in [4.78, 5) is 16.8. The highest BCUT2D eigenvalue weighted by Gasteiger charge is 2.25. The van der Waals surface area contributed by atoms with Gasteiger partial charge in [0, 0.05) is 6.20 Å². The van der Waals surface area contributed by atoms with Crippen LogP contribution < -0.4 is 14.8 Å². The molecule has 1 amide bonds. The summed E-state index contributed by atoms with van der Waals surface area (Å²) in [6.45, 7) is 2.09. The molecule has 0 aliphatic rings. The topological polar surface area (TPSA) is 125 Å². The van der Waals surface area contributed by atoms with Crippen molar-refractivity contribution in [2.45, 2.75) is 38.0 Å². The van der Waals surface area contributed by atoms with E-state index in [1.165, 1.54) is 0 Å². The minimum absolute atomic E-state index is 0.0124. The molecule has 0 fully saturated rings. The third-order valence-electron chi connectivity index (χ3n) is 6.09. The fourth-order valence-corrected chi connectivity index (χ4v) is 4.13. The molecule has 3 aromatic rings. The quantitative estimate of drug-likeness (QED) is 0.308. The van der Waals surface area contributed by atoms with Gasteiger partial charge in [-0.25, -0.2) is 0 Å². The van der Waals surface area contributed by atoms with Gasteiger partial charge in [0.05, 0.1) is 43.8 Å². The molecule has 0 saturated heterocycles. The number of nitrogens with one attached hydrogen (secondary N) is 1. The van der Waals surface area contributed by atoms with Crippen molar-refractivity contribution in [2.75, 3.05) is 13.7 Å². The smallest absolute Gasteiger partial charge is 0.475 e. The standard InChI is InChI=1S/C28H32BN3O5/c1-20(23(19-30)24-10-6-7-14-31-24)16-22-11-12-25(36-2)26(17-22)37-15-13-28(33)32-27(29(34)35)18-21-8-4-3-5-9-21/h3-12,14,17,20,23,27,34-35H,13,15-16,18H2,1-2H3,(H,32,33)/t20?,23?,27-/m0/s1. The van der Waals surface area contributed by atoms with Crippen molar-refractivity contribution >= 4 is 13.0 Å². The first-order valence-electron chi connectivity index (χ1n) is 12.2. The van der Waals surface area contributed by atoms with Crippen molar-refractivity contribution in [1.82, 2.24) is 10.3 Å². The Morgan fingerprint density at radius 3 is 2.46 bits per heavy atom. The van der Waals surface area contributed by atoms with Crippen LogP contribution in [0.5, 0.6) is 11.5 Å². The van der Waals surface area contributed by atoms with Crippen LogP contribution in [0.4, 0.5) is 0 Å². The second-order valence-electron chi connectivity index (χ2n) is 8.90. The van der Waals surface area contributed by atoms with Crippen LogP contribution in [0.3, 0.4) is 0 Å². The van der Waals surface area contributed by atoms with Gasteiger partial charge in [-0.3, -0.25) is 9.78 Å². The van der Waals surface area contributed by atoms with Crippen LogP contribution in [0.25, 0.3) is 0 Å². The maximum Gasteiger partial charge on any atom is 0.475 e. The largest absolute Gasteiger partial charge is 0.493 e. The monoisotopic (exact) mass is 501 g/mol. The maximum atomic E-state index is 12.5. The zero-order valence-corrected chi connectivity index (χ0v) is 21.1. The molecule has 9 heteroatoms. The lowest BCUT2D eigenvalue weighted by atomic mass is 9.76. The van der Waals surface area contributed by atoms with E-state index >= 15 is 0 Å². The molecule has 8 nitrogen and oxygen atoms in total. The number of pyridine rings is 1. The lowest BCUT2D eigenvalue weighted by Gasteiger charge is -2.19. The second kappa shape index (κ2) is 14.0. The minimum atomic E-state index is -1.69.